The van der Waals surface area contributed by atoms with Crippen LogP contribution in [0, 0.1) is 11.7 Å². The molecule has 2 atom stereocenters. The van der Waals surface area contributed by atoms with Crippen molar-refractivity contribution in [3.63, 3.8) is 0 Å². The Morgan fingerprint density at radius 1 is 1.33 bits per heavy atom. The second-order valence-electron chi connectivity index (χ2n) is 5.57. The van der Waals surface area contributed by atoms with Crippen LogP contribution < -0.4 is 11.1 Å². The monoisotopic (exact) mass is 293 g/mol. The Kier molecular flexibility index (Phi) is 5.56. The van der Waals surface area contributed by atoms with Crippen LogP contribution in [0.1, 0.15) is 32.6 Å². The molecule has 0 spiro atoms. The summed E-state index contributed by atoms with van der Waals surface area (Å²) >= 11 is 0. The van der Waals surface area contributed by atoms with Crippen molar-refractivity contribution in [1.29, 1.82) is 0 Å². The molecule has 0 radical (unpaired) electrons. The lowest BCUT2D eigenvalue weighted by atomic mass is 9.83. The summed E-state index contributed by atoms with van der Waals surface area (Å²) in [5.41, 5.74) is 6.47. The summed E-state index contributed by atoms with van der Waals surface area (Å²) in [6, 6.07) is 5.90. The summed E-state index contributed by atoms with van der Waals surface area (Å²) in [6.07, 6.45) is 4.42. The first-order valence-electron chi connectivity index (χ1n) is 7.69. The second-order valence-corrected chi connectivity index (χ2v) is 5.57. The standard InChI is InChI=1S/C16H24FN3O/c1-2-20(15-6-4-3-5-12(15)11-18)16(21)19-14-9-7-13(17)8-10-14/h7-10,12,15H,2-6,11,18H2,1H3,(H,19,21). The molecule has 116 valence electrons. The Labute approximate surface area is 125 Å². The molecule has 1 aromatic carbocycles. The van der Waals surface area contributed by atoms with Gasteiger partial charge in [-0.1, -0.05) is 12.8 Å². The predicted octanol–water partition coefficient (Wildman–Crippen LogP) is 3.20. The normalized spacial score (nSPS) is 21.9. The molecule has 0 aromatic heterocycles. The number of halogens is 1. The lowest BCUT2D eigenvalue weighted by molar-refractivity contribution is 0.135. The van der Waals surface area contributed by atoms with E-state index < -0.39 is 0 Å². The lowest BCUT2D eigenvalue weighted by Crippen LogP contribution is -2.49. The molecule has 1 aliphatic carbocycles. The average Bonchev–Trinajstić information content (AvgIpc) is 2.51. The van der Waals surface area contributed by atoms with Crippen LogP contribution in [0.2, 0.25) is 0 Å². The number of urea groups is 1. The third kappa shape index (κ3) is 3.94. The topological polar surface area (TPSA) is 58.4 Å². The van der Waals surface area contributed by atoms with Gasteiger partial charge in [0.2, 0.25) is 0 Å². The Bertz CT molecular complexity index is 463. The number of nitrogens with two attached hydrogens (primary N) is 1. The van der Waals surface area contributed by atoms with Gasteiger partial charge < -0.3 is 16.0 Å². The molecule has 1 saturated carbocycles. The van der Waals surface area contributed by atoms with Gasteiger partial charge in [-0.25, -0.2) is 9.18 Å². The Hall–Kier alpha value is -1.62. The molecule has 0 aliphatic heterocycles. The highest BCUT2D eigenvalue weighted by atomic mass is 19.1. The van der Waals surface area contributed by atoms with Gasteiger partial charge in [-0.2, -0.15) is 0 Å². The number of rotatable bonds is 4. The molecular formula is C16H24FN3O. The van der Waals surface area contributed by atoms with Crippen molar-refractivity contribution in [2.45, 2.75) is 38.6 Å². The molecular weight excluding hydrogens is 269 g/mol. The number of carbonyl (C=O) groups is 1. The second kappa shape index (κ2) is 7.41. The fourth-order valence-electron chi connectivity index (χ4n) is 3.13. The number of benzene rings is 1. The molecule has 0 bridgehead atoms. The first-order valence-corrected chi connectivity index (χ1v) is 7.69. The van der Waals surface area contributed by atoms with Crippen LogP contribution in [0.15, 0.2) is 24.3 Å². The number of carbonyl (C=O) groups excluding carboxylic acids is 1. The smallest absolute Gasteiger partial charge is 0.322 e. The van der Waals surface area contributed by atoms with E-state index in [4.69, 9.17) is 5.73 Å². The van der Waals surface area contributed by atoms with Crippen molar-refractivity contribution in [1.82, 2.24) is 4.90 Å². The van der Waals surface area contributed by atoms with Crippen molar-refractivity contribution in [2.75, 3.05) is 18.4 Å². The summed E-state index contributed by atoms with van der Waals surface area (Å²) in [6.45, 7) is 3.24. The molecule has 21 heavy (non-hydrogen) atoms. The molecule has 0 heterocycles. The van der Waals surface area contributed by atoms with Gasteiger partial charge in [-0.05, 0) is 56.5 Å². The van der Waals surface area contributed by atoms with Crippen LogP contribution in [0.5, 0.6) is 0 Å². The van der Waals surface area contributed by atoms with Crippen LogP contribution in [0.4, 0.5) is 14.9 Å². The van der Waals surface area contributed by atoms with E-state index in [1.54, 1.807) is 12.1 Å². The zero-order valence-corrected chi connectivity index (χ0v) is 12.5. The number of hydrogen-bond donors (Lipinski definition) is 2. The Morgan fingerprint density at radius 2 is 2.00 bits per heavy atom. The Balaban J connectivity index is 2.05. The third-order valence-electron chi connectivity index (χ3n) is 4.27. The summed E-state index contributed by atoms with van der Waals surface area (Å²) in [4.78, 5) is 14.3. The maximum atomic E-state index is 12.9. The molecule has 2 unspecified atom stereocenters. The highest BCUT2D eigenvalue weighted by molar-refractivity contribution is 5.89. The van der Waals surface area contributed by atoms with Gasteiger partial charge in [0.25, 0.3) is 0 Å². The lowest BCUT2D eigenvalue weighted by Gasteiger charge is -2.39. The highest BCUT2D eigenvalue weighted by Gasteiger charge is 2.31. The molecule has 1 aliphatic rings. The van der Waals surface area contributed by atoms with Crippen molar-refractivity contribution < 1.29 is 9.18 Å². The molecule has 2 rings (SSSR count). The highest BCUT2D eigenvalue weighted by Crippen LogP contribution is 2.28. The number of amides is 2. The minimum absolute atomic E-state index is 0.130. The average molecular weight is 293 g/mol. The van der Waals surface area contributed by atoms with Crippen LogP contribution in [-0.2, 0) is 0 Å². The fraction of sp³-hybridized carbons (Fsp3) is 0.562. The van der Waals surface area contributed by atoms with Crippen molar-refractivity contribution >= 4 is 11.7 Å². The van der Waals surface area contributed by atoms with Gasteiger partial charge >= 0.3 is 6.03 Å². The van der Waals surface area contributed by atoms with E-state index in [-0.39, 0.29) is 17.9 Å². The number of nitrogens with zero attached hydrogens (tertiary/aromatic N) is 1. The van der Waals surface area contributed by atoms with Gasteiger partial charge in [-0.15, -0.1) is 0 Å². The largest absolute Gasteiger partial charge is 0.330 e. The van der Waals surface area contributed by atoms with E-state index in [9.17, 15) is 9.18 Å². The van der Waals surface area contributed by atoms with E-state index in [1.807, 2.05) is 11.8 Å². The zero-order valence-electron chi connectivity index (χ0n) is 12.5. The number of hydrogen-bond acceptors (Lipinski definition) is 2. The van der Waals surface area contributed by atoms with E-state index in [1.165, 1.54) is 18.6 Å². The number of nitrogens with one attached hydrogen (secondary N) is 1. The summed E-state index contributed by atoms with van der Waals surface area (Å²) in [7, 11) is 0. The molecule has 2 amide bonds. The summed E-state index contributed by atoms with van der Waals surface area (Å²) < 4.78 is 12.9. The van der Waals surface area contributed by atoms with Gasteiger partial charge in [0, 0.05) is 18.3 Å². The first kappa shape index (κ1) is 15.8. The molecule has 0 saturated heterocycles. The summed E-state index contributed by atoms with van der Waals surface area (Å²) in [5.74, 6) is 0.0634. The molecule has 1 aromatic rings. The van der Waals surface area contributed by atoms with Crippen LogP contribution in [0.3, 0.4) is 0 Å². The van der Waals surface area contributed by atoms with Crippen LogP contribution >= 0.6 is 0 Å². The summed E-state index contributed by atoms with van der Waals surface area (Å²) in [5, 5.41) is 2.84. The maximum absolute atomic E-state index is 12.9. The number of anilines is 1. The maximum Gasteiger partial charge on any atom is 0.322 e. The quantitative estimate of drug-likeness (QED) is 0.895. The first-order chi connectivity index (χ1) is 10.2. The van der Waals surface area contributed by atoms with Gasteiger partial charge in [-0.3, -0.25) is 0 Å². The van der Waals surface area contributed by atoms with Crippen molar-refractivity contribution in [3.05, 3.63) is 30.1 Å². The fourth-order valence-corrected chi connectivity index (χ4v) is 3.13. The third-order valence-corrected chi connectivity index (χ3v) is 4.27. The zero-order chi connectivity index (χ0) is 15.2. The molecule has 5 heteroatoms. The molecule has 3 N–H and O–H groups in total. The van der Waals surface area contributed by atoms with Gasteiger partial charge in [0.05, 0.1) is 0 Å². The van der Waals surface area contributed by atoms with Crippen molar-refractivity contribution in [3.8, 4) is 0 Å². The predicted molar refractivity (Wildman–Crippen MR) is 82.6 cm³/mol. The van der Waals surface area contributed by atoms with E-state index in [0.29, 0.717) is 24.7 Å². The minimum Gasteiger partial charge on any atom is -0.330 e. The van der Waals surface area contributed by atoms with Crippen molar-refractivity contribution in [2.24, 2.45) is 11.7 Å². The molecule has 1 fully saturated rings. The van der Waals surface area contributed by atoms with Crippen LogP contribution in [-0.4, -0.2) is 30.1 Å². The minimum atomic E-state index is -0.309. The van der Waals surface area contributed by atoms with E-state index in [0.717, 1.165) is 19.3 Å². The van der Waals surface area contributed by atoms with Gasteiger partial charge in [0.1, 0.15) is 5.82 Å². The Morgan fingerprint density at radius 3 is 2.62 bits per heavy atom. The molecule has 4 nitrogen and oxygen atoms in total. The van der Waals surface area contributed by atoms with E-state index >= 15 is 0 Å². The van der Waals surface area contributed by atoms with Crippen LogP contribution in [0.25, 0.3) is 0 Å². The van der Waals surface area contributed by atoms with Gasteiger partial charge in [0.15, 0.2) is 0 Å². The van der Waals surface area contributed by atoms with E-state index in [2.05, 4.69) is 5.32 Å². The SMILES string of the molecule is CCN(C(=O)Nc1ccc(F)cc1)C1CCCCC1CN.